The summed E-state index contributed by atoms with van der Waals surface area (Å²) in [6.07, 6.45) is 0. The molecule has 1 aliphatic heterocycles. The third kappa shape index (κ3) is 5.69. The molecule has 1 aliphatic rings. The van der Waals surface area contributed by atoms with Crippen molar-refractivity contribution in [2.24, 2.45) is 0 Å². The number of hydrogen-bond acceptors (Lipinski definition) is 6. The smallest absolute Gasteiger partial charge is 0.387 e. The van der Waals surface area contributed by atoms with Gasteiger partial charge in [-0.25, -0.2) is 4.98 Å². The summed E-state index contributed by atoms with van der Waals surface area (Å²) in [5, 5.41) is 2.90. The van der Waals surface area contributed by atoms with Gasteiger partial charge in [-0.3, -0.25) is 9.59 Å². The number of piperazine rings is 1. The third-order valence-corrected chi connectivity index (χ3v) is 6.14. The lowest BCUT2D eigenvalue weighted by atomic mass is 10.1. The number of hydrogen-bond donors (Lipinski definition) is 0. The summed E-state index contributed by atoms with van der Waals surface area (Å²) in [5.41, 5.74) is 1.39. The average molecular weight is 488 g/mol. The first-order valence-corrected chi connectivity index (χ1v) is 11.5. The summed E-state index contributed by atoms with van der Waals surface area (Å²) >= 11 is 1.55. The van der Waals surface area contributed by atoms with E-state index in [4.69, 9.17) is 4.74 Å². The average Bonchev–Trinajstić information content (AvgIpc) is 3.27. The molecule has 2 aromatic carbocycles. The Morgan fingerprint density at radius 3 is 2.41 bits per heavy atom. The molecule has 0 bridgehead atoms. The first-order chi connectivity index (χ1) is 16.4. The first kappa shape index (κ1) is 23.6. The highest BCUT2D eigenvalue weighted by Crippen LogP contribution is 2.23. The van der Waals surface area contributed by atoms with Crippen LogP contribution in [0.25, 0.3) is 0 Å². The molecule has 1 fully saturated rings. The predicted octanol–water partition coefficient (Wildman–Crippen LogP) is 4.23. The summed E-state index contributed by atoms with van der Waals surface area (Å²) in [5.74, 6) is -0.161. The van der Waals surface area contributed by atoms with Crippen molar-refractivity contribution >= 4 is 23.2 Å². The molecule has 0 saturated carbocycles. The van der Waals surface area contributed by atoms with Crippen LogP contribution in [0.4, 0.5) is 8.78 Å². The van der Waals surface area contributed by atoms with Gasteiger partial charge in [-0.05, 0) is 37.3 Å². The minimum absolute atomic E-state index is 0.0720. The van der Waals surface area contributed by atoms with Crippen LogP contribution in [-0.4, -0.2) is 59.4 Å². The number of thiazole rings is 1. The molecule has 0 radical (unpaired) electrons. The van der Waals surface area contributed by atoms with E-state index < -0.39 is 12.5 Å². The predicted molar refractivity (Wildman–Crippen MR) is 123 cm³/mol. The van der Waals surface area contributed by atoms with Crippen LogP contribution in [0.5, 0.6) is 11.5 Å². The molecule has 178 valence electrons. The van der Waals surface area contributed by atoms with E-state index in [1.54, 1.807) is 46.6 Å². The zero-order valence-electron chi connectivity index (χ0n) is 18.4. The van der Waals surface area contributed by atoms with Crippen LogP contribution in [0.1, 0.15) is 31.4 Å². The summed E-state index contributed by atoms with van der Waals surface area (Å²) < 4.78 is 35.6. The highest BCUT2D eigenvalue weighted by atomic mass is 32.1. The molecule has 4 rings (SSSR count). The Kier molecular flexibility index (Phi) is 7.36. The molecule has 7 nitrogen and oxygen atoms in total. The van der Waals surface area contributed by atoms with Crippen LogP contribution in [-0.2, 0) is 6.61 Å². The van der Waals surface area contributed by atoms with Crippen molar-refractivity contribution in [2.45, 2.75) is 20.1 Å². The number of benzene rings is 2. The number of rotatable bonds is 7. The van der Waals surface area contributed by atoms with Crippen LogP contribution in [0.3, 0.4) is 0 Å². The third-order valence-electron chi connectivity index (χ3n) is 5.32. The lowest BCUT2D eigenvalue weighted by Crippen LogP contribution is -2.50. The fraction of sp³-hybridized carbons (Fsp3) is 0.292. The number of nitrogens with zero attached hydrogens (tertiary/aromatic N) is 3. The molecule has 1 aromatic heterocycles. The Labute approximate surface area is 199 Å². The van der Waals surface area contributed by atoms with Gasteiger partial charge in [-0.1, -0.05) is 18.2 Å². The molecular formula is C24H23F2N3O4S. The van der Waals surface area contributed by atoms with Gasteiger partial charge in [0.2, 0.25) is 0 Å². The number of carbonyl (C=O) groups excluding carboxylic acids is 2. The van der Waals surface area contributed by atoms with Gasteiger partial charge in [-0.2, -0.15) is 8.78 Å². The molecule has 0 aliphatic carbocycles. The quantitative estimate of drug-likeness (QED) is 0.499. The van der Waals surface area contributed by atoms with Gasteiger partial charge in [0.25, 0.3) is 11.8 Å². The monoisotopic (exact) mass is 487 g/mol. The first-order valence-electron chi connectivity index (χ1n) is 10.7. The Bertz CT molecular complexity index is 1160. The molecule has 2 amide bonds. The van der Waals surface area contributed by atoms with Crippen LogP contribution in [0.15, 0.2) is 53.9 Å². The number of para-hydroxylation sites is 1. The topological polar surface area (TPSA) is 72.0 Å². The van der Waals surface area contributed by atoms with Gasteiger partial charge < -0.3 is 19.3 Å². The maximum atomic E-state index is 13.0. The number of amides is 2. The SMILES string of the molecule is Cc1nc(COc2cccc(C(=O)N3CCN(C(=O)c4ccccc4OC(F)F)CC3)c2)cs1. The lowest BCUT2D eigenvalue weighted by Gasteiger charge is -2.35. The fourth-order valence-corrected chi connectivity index (χ4v) is 4.26. The molecule has 2 heterocycles. The van der Waals surface area contributed by atoms with E-state index in [9.17, 15) is 18.4 Å². The summed E-state index contributed by atoms with van der Waals surface area (Å²) in [4.78, 5) is 33.4. The molecule has 3 aromatic rings. The van der Waals surface area contributed by atoms with E-state index in [-0.39, 0.29) is 30.3 Å². The largest absolute Gasteiger partial charge is 0.487 e. The normalized spacial score (nSPS) is 13.8. The van der Waals surface area contributed by atoms with Gasteiger partial charge in [0.1, 0.15) is 18.1 Å². The van der Waals surface area contributed by atoms with E-state index in [1.165, 1.54) is 23.1 Å². The van der Waals surface area contributed by atoms with E-state index in [0.29, 0.717) is 31.0 Å². The number of aromatic nitrogens is 1. The fourth-order valence-electron chi connectivity index (χ4n) is 3.66. The van der Waals surface area contributed by atoms with E-state index >= 15 is 0 Å². The van der Waals surface area contributed by atoms with Crippen LogP contribution in [0.2, 0.25) is 0 Å². The van der Waals surface area contributed by atoms with Gasteiger partial charge in [0, 0.05) is 37.1 Å². The second-order valence-corrected chi connectivity index (χ2v) is 8.70. The minimum atomic E-state index is -3.02. The molecule has 34 heavy (non-hydrogen) atoms. The molecule has 0 spiro atoms. The van der Waals surface area contributed by atoms with E-state index in [1.807, 2.05) is 12.3 Å². The van der Waals surface area contributed by atoms with Gasteiger partial charge >= 0.3 is 6.61 Å². The van der Waals surface area contributed by atoms with Crippen molar-refractivity contribution in [3.8, 4) is 11.5 Å². The van der Waals surface area contributed by atoms with Crippen molar-refractivity contribution in [1.82, 2.24) is 14.8 Å². The van der Waals surface area contributed by atoms with Gasteiger partial charge in [0.15, 0.2) is 0 Å². The van der Waals surface area contributed by atoms with Crippen LogP contribution >= 0.6 is 11.3 Å². The standard InChI is InChI=1S/C24H23F2N3O4S/c1-16-27-18(15-34-16)14-32-19-6-4-5-17(13-19)22(30)28-9-11-29(12-10-28)23(31)20-7-2-3-8-21(20)33-24(25)26/h2-8,13,15,24H,9-12,14H2,1H3. The summed E-state index contributed by atoms with van der Waals surface area (Å²) in [6, 6.07) is 12.9. The maximum absolute atomic E-state index is 13.0. The molecule has 0 unspecified atom stereocenters. The Hall–Kier alpha value is -3.53. The summed E-state index contributed by atoms with van der Waals surface area (Å²) in [7, 11) is 0. The Morgan fingerprint density at radius 1 is 1.03 bits per heavy atom. The number of ether oxygens (including phenoxy) is 2. The number of carbonyl (C=O) groups is 2. The maximum Gasteiger partial charge on any atom is 0.387 e. The van der Waals surface area contributed by atoms with E-state index in [2.05, 4.69) is 9.72 Å². The molecule has 0 atom stereocenters. The molecule has 1 saturated heterocycles. The molecular weight excluding hydrogens is 464 g/mol. The second kappa shape index (κ2) is 10.6. The van der Waals surface area contributed by atoms with Gasteiger partial charge in [-0.15, -0.1) is 11.3 Å². The van der Waals surface area contributed by atoms with E-state index in [0.717, 1.165) is 10.7 Å². The van der Waals surface area contributed by atoms with Crippen molar-refractivity contribution in [1.29, 1.82) is 0 Å². The number of alkyl halides is 2. The molecule has 0 N–H and O–H groups in total. The summed E-state index contributed by atoms with van der Waals surface area (Å²) in [6.45, 7) is 0.446. The Balaban J connectivity index is 1.35. The highest BCUT2D eigenvalue weighted by Gasteiger charge is 2.27. The minimum Gasteiger partial charge on any atom is -0.487 e. The van der Waals surface area contributed by atoms with Crippen LogP contribution in [0, 0.1) is 6.92 Å². The van der Waals surface area contributed by atoms with Crippen molar-refractivity contribution in [3.63, 3.8) is 0 Å². The van der Waals surface area contributed by atoms with Crippen molar-refractivity contribution in [2.75, 3.05) is 26.2 Å². The van der Waals surface area contributed by atoms with Crippen molar-refractivity contribution < 1.29 is 27.8 Å². The number of aryl methyl sites for hydroxylation is 1. The zero-order valence-corrected chi connectivity index (χ0v) is 19.3. The second-order valence-electron chi connectivity index (χ2n) is 7.63. The zero-order chi connectivity index (χ0) is 24.1. The lowest BCUT2D eigenvalue weighted by molar-refractivity contribution is -0.0503. The number of halogens is 2. The van der Waals surface area contributed by atoms with Crippen molar-refractivity contribution in [3.05, 3.63) is 75.7 Å². The van der Waals surface area contributed by atoms with Crippen LogP contribution < -0.4 is 9.47 Å². The molecule has 10 heteroatoms. The van der Waals surface area contributed by atoms with Gasteiger partial charge in [0.05, 0.1) is 16.3 Å². The highest BCUT2D eigenvalue weighted by molar-refractivity contribution is 7.09. The Morgan fingerprint density at radius 2 is 1.74 bits per heavy atom.